The number of rotatable bonds is 2. The van der Waals surface area contributed by atoms with Gasteiger partial charge >= 0.3 is 0 Å². The lowest BCUT2D eigenvalue weighted by Crippen LogP contribution is -2.14. The van der Waals surface area contributed by atoms with Crippen molar-refractivity contribution in [1.82, 2.24) is 4.98 Å². The van der Waals surface area contributed by atoms with Gasteiger partial charge in [-0.25, -0.2) is 8.78 Å². The quantitative estimate of drug-likeness (QED) is 0.720. The molecule has 106 valence electrons. The molecule has 2 N–H and O–H groups in total. The highest BCUT2D eigenvalue weighted by molar-refractivity contribution is 6.30. The lowest BCUT2D eigenvalue weighted by molar-refractivity contribution is 0.577. The maximum Gasteiger partial charge on any atom is 0.142 e. The first-order valence-corrected chi connectivity index (χ1v) is 6.69. The first kappa shape index (κ1) is 13.9. The van der Waals surface area contributed by atoms with Gasteiger partial charge in [0.05, 0.1) is 16.6 Å². The van der Waals surface area contributed by atoms with Crippen LogP contribution in [0.4, 0.5) is 8.78 Å². The summed E-state index contributed by atoms with van der Waals surface area (Å²) < 4.78 is 27.5. The number of hydrogen-bond acceptors (Lipinski definition) is 2. The van der Waals surface area contributed by atoms with E-state index in [1.807, 2.05) is 18.2 Å². The highest BCUT2D eigenvalue weighted by atomic mass is 35.5. The molecule has 0 bridgehead atoms. The minimum Gasteiger partial charge on any atom is -0.320 e. The zero-order valence-electron chi connectivity index (χ0n) is 10.9. The third-order valence-corrected chi connectivity index (χ3v) is 3.65. The average Bonchev–Trinajstić information content (AvgIpc) is 2.50. The Kier molecular flexibility index (Phi) is 3.57. The summed E-state index contributed by atoms with van der Waals surface area (Å²) in [7, 11) is 0. The average molecular weight is 305 g/mol. The molecule has 0 aliphatic rings. The Balaban J connectivity index is 2.07. The second kappa shape index (κ2) is 5.39. The zero-order chi connectivity index (χ0) is 15.0. The molecule has 0 fully saturated rings. The van der Waals surface area contributed by atoms with Gasteiger partial charge in [0, 0.05) is 17.1 Å². The Bertz CT molecular complexity index is 820. The summed E-state index contributed by atoms with van der Waals surface area (Å²) in [6, 6.07) is 10.3. The minimum absolute atomic E-state index is 0.0622. The molecule has 0 aliphatic heterocycles. The molecule has 0 amide bonds. The van der Waals surface area contributed by atoms with Gasteiger partial charge in [0.25, 0.3) is 0 Å². The molecule has 0 aliphatic carbocycles. The van der Waals surface area contributed by atoms with Gasteiger partial charge in [0.15, 0.2) is 0 Å². The van der Waals surface area contributed by atoms with Crippen LogP contribution in [0.3, 0.4) is 0 Å². The van der Waals surface area contributed by atoms with Crippen molar-refractivity contribution in [3.63, 3.8) is 0 Å². The minimum atomic E-state index is -0.789. The van der Waals surface area contributed by atoms with Crippen molar-refractivity contribution >= 4 is 22.5 Å². The third kappa shape index (κ3) is 2.60. The molecule has 1 atom stereocenters. The number of nitrogens with two attached hydrogens (primary N) is 1. The molecule has 2 nitrogen and oxygen atoms in total. The smallest absolute Gasteiger partial charge is 0.142 e. The topological polar surface area (TPSA) is 38.9 Å². The molecule has 0 spiro atoms. The summed E-state index contributed by atoms with van der Waals surface area (Å²) in [6.45, 7) is 0. The number of hydrogen-bond donors (Lipinski definition) is 1. The highest BCUT2D eigenvalue weighted by Gasteiger charge is 2.17. The standard InChI is InChI=1S/C16H11ClF2N2/c17-12-8-13(18)11(7-14(12)19)16(20)10-4-3-9-2-1-5-21-15(9)6-10/h1-8,16H,20H2. The van der Waals surface area contributed by atoms with Crippen molar-refractivity contribution < 1.29 is 8.78 Å². The Labute approximate surface area is 125 Å². The maximum absolute atomic E-state index is 13.9. The summed E-state index contributed by atoms with van der Waals surface area (Å²) in [5.41, 5.74) is 7.52. The Morgan fingerprint density at radius 2 is 1.86 bits per heavy atom. The van der Waals surface area contributed by atoms with E-state index in [-0.39, 0.29) is 10.6 Å². The van der Waals surface area contributed by atoms with E-state index in [0.717, 1.165) is 23.0 Å². The van der Waals surface area contributed by atoms with E-state index in [2.05, 4.69) is 4.98 Å². The van der Waals surface area contributed by atoms with Gasteiger partial charge < -0.3 is 5.73 Å². The van der Waals surface area contributed by atoms with E-state index in [9.17, 15) is 8.78 Å². The highest BCUT2D eigenvalue weighted by Crippen LogP contribution is 2.28. The molecule has 0 radical (unpaired) electrons. The summed E-state index contributed by atoms with van der Waals surface area (Å²) in [4.78, 5) is 4.23. The maximum atomic E-state index is 13.9. The van der Waals surface area contributed by atoms with Crippen LogP contribution < -0.4 is 5.73 Å². The van der Waals surface area contributed by atoms with Crippen LogP contribution in [-0.4, -0.2) is 4.98 Å². The SMILES string of the molecule is NC(c1ccc2cccnc2c1)c1cc(F)c(Cl)cc1F. The van der Waals surface area contributed by atoms with Crippen molar-refractivity contribution in [2.24, 2.45) is 5.73 Å². The van der Waals surface area contributed by atoms with Crippen LogP contribution in [0.25, 0.3) is 10.9 Å². The first-order valence-electron chi connectivity index (χ1n) is 6.31. The van der Waals surface area contributed by atoms with Crippen LogP contribution in [0.15, 0.2) is 48.7 Å². The molecule has 21 heavy (non-hydrogen) atoms. The molecule has 2 aromatic carbocycles. The van der Waals surface area contributed by atoms with Gasteiger partial charge in [-0.2, -0.15) is 0 Å². The largest absolute Gasteiger partial charge is 0.320 e. The van der Waals surface area contributed by atoms with E-state index >= 15 is 0 Å². The second-order valence-corrected chi connectivity index (χ2v) is 5.13. The molecule has 3 aromatic rings. The molecule has 1 heterocycles. The van der Waals surface area contributed by atoms with Gasteiger partial charge in [-0.3, -0.25) is 4.98 Å². The van der Waals surface area contributed by atoms with Crippen LogP contribution in [0, 0.1) is 11.6 Å². The third-order valence-electron chi connectivity index (χ3n) is 3.36. The van der Waals surface area contributed by atoms with Gasteiger partial charge in [-0.1, -0.05) is 29.8 Å². The fraction of sp³-hybridized carbons (Fsp3) is 0.0625. The van der Waals surface area contributed by atoms with E-state index in [1.165, 1.54) is 0 Å². The van der Waals surface area contributed by atoms with Gasteiger partial charge in [-0.15, -0.1) is 0 Å². The summed E-state index contributed by atoms with van der Waals surface area (Å²) in [6.07, 6.45) is 1.67. The summed E-state index contributed by atoms with van der Waals surface area (Å²) in [5, 5.41) is 0.694. The molecule has 1 unspecified atom stereocenters. The van der Waals surface area contributed by atoms with Crippen molar-refractivity contribution in [3.8, 4) is 0 Å². The predicted octanol–water partition coefficient (Wildman–Crippen LogP) is 4.21. The van der Waals surface area contributed by atoms with Crippen LogP contribution in [0.5, 0.6) is 0 Å². The number of nitrogens with zero attached hydrogens (tertiary/aromatic N) is 1. The van der Waals surface area contributed by atoms with Crippen molar-refractivity contribution in [3.05, 3.63) is 76.4 Å². The number of pyridine rings is 1. The number of halogens is 3. The van der Waals surface area contributed by atoms with Crippen molar-refractivity contribution in [2.75, 3.05) is 0 Å². The van der Waals surface area contributed by atoms with Gasteiger partial charge in [0.2, 0.25) is 0 Å². The normalized spacial score (nSPS) is 12.6. The lowest BCUT2D eigenvalue weighted by atomic mass is 9.98. The lowest BCUT2D eigenvalue weighted by Gasteiger charge is -2.14. The van der Waals surface area contributed by atoms with Crippen LogP contribution >= 0.6 is 11.6 Å². The van der Waals surface area contributed by atoms with Crippen LogP contribution in [0.1, 0.15) is 17.2 Å². The van der Waals surface area contributed by atoms with Crippen molar-refractivity contribution in [2.45, 2.75) is 6.04 Å². The van der Waals surface area contributed by atoms with Crippen LogP contribution in [-0.2, 0) is 0 Å². The van der Waals surface area contributed by atoms with Gasteiger partial charge in [-0.05, 0) is 29.8 Å². The second-order valence-electron chi connectivity index (χ2n) is 4.72. The van der Waals surface area contributed by atoms with E-state index < -0.39 is 17.7 Å². The molecule has 5 heteroatoms. The summed E-state index contributed by atoms with van der Waals surface area (Å²) in [5.74, 6) is -1.32. The fourth-order valence-electron chi connectivity index (χ4n) is 2.23. The van der Waals surface area contributed by atoms with Crippen molar-refractivity contribution in [1.29, 1.82) is 0 Å². The summed E-state index contributed by atoms with van der Waals surface area (Å²) >= 11 is 5.55. The van der Waals surface area contributed by atoms with E-state index in [1.54, 1.807) is 18.3 Å². The Morgan fingerprint density at radius 1 is 1.05 bits per heavy atom. The number of fused-ring (bicyclic) bond motifs is 1. The van der Waals surface area contributed by atoms with Crippen LogP contribution in [0.2, 0.25) is 5.02 Å². The molecule has 0 saturated heterocycles. The number of aromatic nitrogens is 1. The molecular weight excluding hydrogens is 294 g/mol. The Morgan fingerprint density at radius 3 is 2.67 bits per heavy atom. The molecule has 0 saturated carbocycles. The first-order chi connectivity index (χ1) is 10.1. The fourth-order valence-corrected chi connectivity index (χ4v) is 2.38. The van der Waals surface area contributed by atoms with E-state index in [0.29, 0.717) is 5.56 Å². The predicted molar refractivity (Wildman–Crippen MR) is 79.1 cm³/mol. The number of benzene rings is 2. The molecule has 1 aromatic heterocycles. The Hall–Kier alpha value is -2.04. The monoisotopic (exact) mass is 304 g/mol. The zero-order valence-corrected chi connectivity index (χ0v) is 11.6. The molecular formula is C16H11ClF2N2. The van der Waals surface area contributed by atoms with E-state index in [4.69, 9.17) is 17.3 Å². The molecule has 3 rings (SSSR count). The van der Waals surface area contributed by atoms with Gasteiger partial charge in [0.1, 0.15) is 11.6 Å².